The number of carboxylic acid groups (broad SMARTS) is 1. The average molecular weight is 203 g/mol. The van der Waals surface area contributed by atoms with Crippen LogP contribution in [0.25, 0.3) is 0 Å². The van der Waals surface area contributed by atoms with Crippen molar-refractivity contribution in [3.8, 4) is 0 Å². The first kappa shape index (κ1) is 9.26. The monoisotopic (exact) mass is 203 g/mol. The number of nitrogens with one attached hydrogen (secondary N) is 2. The van der Waals surface area contributed by atoms with E-state index >= 15 is 0 Å². The minimum Gasteiger partial charge on any atom is -0.465 e. The maximum absolute atomic E-state index is 10.4. The number of rotatable bonds is 1. The topological polar surface area (TPSA) is 73.7 Å². The summed E-state index contributed by atoms with van der Waals surface area (Å²) in [7, 11) is 0. The van der Waals surface area contributed by atoms with Gasteiger partial charge in [0.15, 0.2) is 0 Å². The predicted octanol–water partition coefficient (Wildman–Crippen LogP) is 1.92. The summed E-state index contributed by atoms with van der Waals surface area (Å²) in [6.45, 7) is 0. The van der Waals surface area contributed by atoms with Crippen molar-refractivity contribution in [3.63, 3.8) is 0 Å². The molecule has 0 aliphatic carbocycles. The fourth-order valence-corrected chi connectivity index (χ4v) is 1.23. The second-order valence-corrected chi connectivity index (χ2v) is 2.95. The molecule has 0 fully saturated rings. The van der Waals surface area contributed by atoms with Crippen LogP contribution in [-0.4, -0.2) is 17.4 Å². The lowest BCUT2D eigenvalue weighted by Gasteiger charge is -2.01. The van der Waals surface area contributed by atoms with Crippen LogP contribution in [0.2, 0.25) is 0 Å². The summed E-state index contributed by atoms with van der Waals surface area (Å²) in [5.74, 6) is 0. The van der Waals surface area contributed by atoms with E-state index in [-0.39, 0.29) is 0 Å². The zero-order valence-electron chi connectivity index (χ0n) is 7.77. The summed E-state index contributed by atoms with van der Waals surface area (Å²) in [4.78, 5) is 14.6. The minimum atomic E-state index is -1.11. The first-order valence-electron chi connectivity index (χ1n) is 4.35. The van der Waals surface area contributed by atoms with Gasteiger partial charge in [-0.2, -0.15) is 0 Å². The minimum absolute atomic E-state index is 0.402. The van der Waals surface area contributed by atoms with Crippen molar-refractivity contribution in [2.24, 2.45) is 4.99 Å². The summed E-state index contributed by atoms with van der Waals surface area (Å²) in [5, 5.41) is 13.7. The quantitative estimate of drug-likeness (QED) is 0.652. The second-order valence-electron chi connectivity index (χ2n) is 2.95. The van der Waals surface area contributed by atoms with E-state index in [1.54, 1.807) is 6.20 Å². The van der Waals surface area contributed by atoms with E-state index < -0.39 is 6.09 Å². The molecule has 76 valence electrons. The van der Waals surface area contributed by atoms with Gasteiger partial charge in [0.25, 0.3) is 0 Å². The van der Waals surface area contributed by atoms with E-state index in [0.717, 1.165) is 11.4 Å². The van der Waals surface area contributed by atoms with Crippen LogP contribution in [0, 0.1) is 0 Å². The molecule has 0 aromatic heterocycles. The van der Waals surface area contributed by atoms with E-state index in [2.05, 4.69) is 15.6 Å². The Morgan fingerprint density at radius 3 is 3.00 bits per heavy atom. The Morgan fingerprint density at radius 2 is 2.20 bits per heavy atom. The van der Waals surface area contributed by atoms with Crippen molar-refractivity contribution in [1.82, 2.24) is 5.32 Å². The number of benzene rings is 1. The van der Waals surface area contributed by atoms with E-state index in [0.29, 0.717) is 5.70 Å². The molecule has 3 N–H and O–H groups in total. The van der Waals surface area contributed by atoms with Crippen molar-refractivity contribution in [1.29, 1.82) is 0 Å². The van der Waals surface area contributed by atoms with Gasteiger partial charge in [0.2, 0.25) is 0 Å². The van der Waals surface area contributed by atoms with Crippen LogP contribution in [0.1, 0.15) is 0 Å². The maximum atomic E-state index is 10.4. The Labute approximate surface area is 86.1 Å². The molecule has 1 aliphatic rings. The average Bonchev–Trinajstić information content (AvgIpc) is 2.41. The van der Waals surface area contributed by atoms with E-state index in [4.69, 9.17) is 5.11 Å². The van der Waals surface area contributed by atoms with Crippen molar-refractivity contribution >= 4 is 23.7 Å². The van der Waals surface area contributed by atoms with Gasteiger partial charge in [-0.3, -0.25) is 10.3 Å². The molecule has 0 spiro atoms. The van der Waals surface area contributed by atoms with Gasteiger partial charge in [0, 0.05) is 6.20 Å². The molecular formula is C10H9N3O2. The molecule has 2 rings (SSSR count). The molecular weight excluding hydrogens is 194 g/mol. The van der Waals surface area contributed by atoms with Gasteiger partial charge < -0.3 is 10.4 Å². The van der Waals surface area contributed by atoms with Crippen LogP contribution >= 0.6 is 0 Å². The second kappa shape index (κ2) is 3.83. The number of aliphatic imine (C=N–C) groups is 1. The fraction of sp³-hybridized carbons (Fsp3) is 0. The summed E-state index contributed by atoms with van der Waals surface area (Å²) in [5.41, 5.74) is 2.02. The molecule has 5 heteroatoms. The van der Waals surface area contributed by atoms with Crippen molar-refractivity contribution in [3.05, 3.63) is 36.2 Å². The van der Waals surface area contributed by atoms with Crippen molar-refractivity contribution in [2.45, 2.75) is 0 Å². The van der Waals surface area contributed by atoms with Crippen molar-refractivity contribution in [2.75, 3.05) is 5.32 Å². The van der Waals surface area contributed by atoms with Crippen LogP contribution < -0.4 is 10.6 Å². The zero-order valence-corrected chi connectivity index (χ0v) is 7.77. The van der Waals surface area contributed by atoms with E-state index in [9.17, 15) is 4.79 Å². The number of carbonyl (C=O) groups is 1. The highest BCUT2D eigenvalue weighted by atomic mass is 16.4. The van der Waals surface area contributed by atoms with Crippen LogP contribution in [0.15, 0.2) is 41.2 Å². The van der Waals surface area contributed by atoms with Gasteiger partial charge in [0.1, 0.15) is 0 Å². The Balaban J connectivity index is 2.25. The van der Waals surface area contributed by atoms with Crippen LogP contribution in [0.5, 0.6) is 0 Å². The van der Waals surface area contributed by atoms with Gasteiger partial charge >= 0.3 is 6.09 Å². The first-order chi connectivity index (χ1) is 7.25. The molecule has 0 atom stereocenters. The number of amides is 1. The molecule has 1 heterocycles. The van der Waals surface area contributed by atoms with Gasteiger partial charge in [0.05, 0.1) is 23.3 Å². The lowest BCUT2D eigenvalue weighted by molar-refractivity contribution is 0.198. The normalized spacial score (nSPS) is 13.2. The largest absolute Gasteiger partial charge is 0.465 e. The zero-order chi connectivity index (χ0) is 10.7. The summed E-state index contributed by atoms with van der Waals surface area (Å²) in [6, 6.07) is 7.46. The Morgan fingerprint density at radius 1 is 1.40 bits per heavy atom. The van der Waals surface area contributed by atoms with Gasteiger partial charge in [-0.1, -0.05) is 12.1 Å². The molecule has 15 heavy (non-hydrogen) atoms. The molecule has 0 saturated carbocycles. The molecule has 0 bridgehead atoms. The lowest BCUT2D eigenvalue weighted by Crippen LogP contribution is -2.21. The van der Waals surface area contributed by atoms with E-state index in [1.807, 2.05) is 24.3 Å². The van der Waals surface area contributed by atoms with Gasteiger partial charge in [-0.05, 0) is 12.1 Å². The van der Waals surface area contributed by atoms with Gasteiger partial charge in [-0.15, -0.1) is 0 Å². The Hall–Kier alpha value is -2.30. The fourth-order valence-electron chi connectivity index (χ4n) is 1.23. The molecule has 1 aromatic carbocycles. The van der Waals surface area contributed by atoms with Crippen LogP contribution in [0.3, 0.4) is 0 Å². The summed E-state index contributed by atoms with van der Waals surface area (Å²) < 4.78 is 0. The van der Waals surface area contributed by atoms with Crippen LogP contribution in [0.4, 0.5) is 16.2 Å². The molecule has 0 saturated heterocycles. The smallest absolute Gasteiger partial charge is 0.409 e. The Bertz CT molecular complexity index is 452. The third-order valence-electron chi connectivity index (χ3n) is 1.88. The highest BCUT2D eigenvalue weighted by Crippen LogP contribution is 2.25. The molecule has 1 aliphatic heterocycles. The third-order valence-corrected chi connectivity index (χ3v) is 1.88. The highest BCUT2D eigenvalue weighted by molar-refractivity contribution is 5.89. The van der Waals surface area contributed by atoms with E-state index in [1.165, 1.54) is 6.21 Å². The van der Waals surface area contributed by atoms with Crippen molar-refractivity contribution < 1.29 is 9.90 Å². The number of hydrogen-bond acceptors (Lipinski definition) is 3. The predicted molar refractivity (Wildman–Crippen MR) is 57.5 cm³/mol. The molecule has 0 radical (unpaired) electrons. The van der Waals surface area contributed by atoms with Gasteiger partial charge in [-0.25, -0.2) is 4.79 Å². The number of anilines is 1. The standard InChI is InChI=1S/C10H9N3O2/c14-10(15)13-7-5-11-8-3-1-2-4-9(8)12-6-7/h1-6,11,13H,(H,14,15). The SMILES string of the molecule is O=C(O)NC1=CNc2ccccc2N=C1. The number of para-hydroxylation sites is 2. The highest BCUT2D eigenvalue weighted by Gasteiger charge is 2.04. The number of hydrogen-bond donors (Lipinski definition) is 3. The third kappa shape index (κ3) is 2.14. The molecule has 1 aromatic rings. The lowest BCUT2D eigenvalue weighted by atomic mass is 10.3. The number of nitrogens with zero attached hydrogens (tertiary/aromatic N) is 1. The first-order valence-corrected chi connectivity index (χ1v) is 4.35. The molecule has 0 unspecified atom stereocenters. The molecule has 5 nitrogen and oxygen atoms in total. The Kier molecular flexibility index (Phi) is 2.37. The summed E-state index contributed by atoms with van der Waals surface area (Å²) >= 11 is 0. The number of allylic oxidation sites excluding steroid dienone is 1. The number of fused-ring (bicyclic) bond motifs is 1. The summed E-state index contributed by atoms with van der Waals surface area (Å²) in [6.07, 6.45) is 1.91. The van der Waals surface area contributed by atoms with Crippen LogP contribution in [-0.2, 0) is 0 Å². The maximum Gasteiger partial charge on any atom is 0.409 e. The molecule has 1 amide bonds.